The number of nitrogens with zero attached hydrogens (tertiary/aromatic N) is 2. The van der Waals surface area contributed by atoms with Gasteiger partial charge in [0.1, 0.15) is 0 Å². The summed E-state index contributed by atoms with van der Waals surface area (Å²) in [6.07, 6.45) is 6.95. The third-order valence-corrected chi connectivity index (χ3v) is 2.98. The highest BCUT2D eigenvalue weighted by Crippen LogP contribution is 2.14. The Morgan fingerprint density at radius 2 is 2.50 bits per heavy atom. The lowest BCUT2D eigenvalue weighted by Gasteiger charge is -2.22. The number of carbonyl (C=O) groups excluding carboxylic acids is 1. The van der Waals surface area contributed by atoms with Crippen molar-refractivity contribution < 1.29 is 9.53 Å². The number of hydrogen-bond acceptors (Lipinski definition) is 3. The highest BCUT2D eigenvalue weighted by atomic mass is 35.5. The second-order valence-electron chi connectivity index (χ2n) is 4.00. The topological polar surface area (TPSA) is 44.1 Å². The molecule has 1 atom stereocenters. The third-order valence-electron chi connectivity index (χ3n) is 2.74. The summed E-state index contributed by atoms with van der Waals surface area (Å²) >= 11 is 5.48. The van der Waals surface area contributed by atoms with E-state index in [2.05, 4.69) is 5.10 Å². The summed E-state index contributed by atoms with van der Waals surface area (Å²) in [4.78, 5) is 11.3. The van der Waals surface area contributed by atoms with E-state index in [0.29, 0.717) is 5.56 Å². The molecule has 1 aliphatic rings. The molecule has 0 saturated carbocycles. The smallest absolute Gasteiger partial charge is 0.180 e. The first-order valence-corrected chi connectivity index (χ1v) is 6.06. The van der Waals surface area contributed by atoms with Crippen molar-refractivity contribution in [1.82, 2.24) is 9.78 Å². The van der Waals surface area contributed by atoms with Crippen LogP contribution in [-0.4, -0.2) is 34.2 Å². The highest BCUT2D eigenvalue weighted by Gasteiger charge is 2.15. The van der Waals surface area contributed by atoms with E-state index in [1.165, 1.54) is 6.42 Å². The molecule has 0 N–H and O–H groups in total. The number of ketones is 1. The summed E-state index contributed by atoms with van der Waals surface area (Å²) < 4.78 is 7.37. The zero-order valence-electron chi connectivity index (χ0n) is 9.06. The lowest BCUT2D eigenvalue weighted by molar-refractivity contribution is 0.00398. The van der Waals surface area contributed by atoms with E-state index in [0.717, 1.165) is 26.0 Å². The molecular formula is C11H15ClN2O2. The lowest BCUT2D eigenvalue weighted by atomic mass is 10.1. The fourth-order valence-corrected chi connectivity index (χ4v) is 2.00. The maximum Gasteiger partial charge on any atom is 0.180 e. The van der Waals surface area contributed by atoms with Crippen molar-refractivity contribution in [2.75, 3.05) is 12.5 Å². The molecule has 4 nitrogen and oxygen atoms in total. The van der Waals surface area contributed by atoms with Crippen LogP contribution in [-0.2, 0) is 11.3 Å². The second kappa shape index (κ2) is 5.46. The fraction of sp³-hybridized carbons (Fsp3) is 0.636. The summed E-state index contributed by atoms with van der Waals surface area (Å²) in [5.41, 5.74) is 0.575. The van der Waals surface area contributed by atoms with Gasteiger partial charge in [-0.1, -0.05) is 0 Å². The van der Waals surface area contributed by atoms with Crippen LogP contribution < -0.4 is 0 Å². The van der Waals surface area contributed by atoms with Crippen molar-refractivity contribution in [1.29, 1.82) is 0 Å². The van der Waals surface area contributed by atoms with E-state index >= 15 is 0 Å². The first-order valence-electron chi connectivity index (χ1n) is 5.53. The Morgan fingerprint density at radius 1 is 1.62 bits per heavy atom. The Labute approximate surface area is 99.5 Å². The van der Waals surface area contributed by atoms with Gasteiger partial charge in [-0.05, 0) is 19.3 Å². The van der Waals surface area contributed by atoms with E-state index in [1.807, 2.05) is 0 Å². The van der Waals surface area contributed by atoms with Gasteiger partial charge in [0.15, 0.2) is 5.78 Å². The predicted molar refractivity (Wildman–Crippen MR) is 60.9 cm³/mol. The van der Waals surface area contributed by atoms with E-state index in [1.54, 1.807) is 17.1 Å². The quantitative estimate of drug-likeness (QED) is 0.598. The minimum absolute atomic E-state index is 0.00558. The molecule has 0 bridgehead atoms. The molecule has 2 heterocycles. The third kappa shape index (κ3) is 2.83. The van der Waals surface area contributed by atoms with E-state index in [-0.39, 0.29) is 17.8 Å². The van der Waals surface area contributed by atoms with Crippen LogP contribution in [0.1, 0.15) is 29.6 Å². The molecule has 0 unspecified atom stereocenters. The highest BCUT2D eigenvalue weighted by molar-refractivity contribution is 6.30. The van der Waals surface area contributed by atoms with Crippen molar-refractivity contribution in [2.24, 2.45) is 0 Å². The van der Waals surface area contributed by atoms with Gasteiger partial charge < -0.3 is 4.74 Å². The summed E-state index contributed by atoms with van der Waals surface area (Å²) in [6.45, 7) is 1.55. The summed E-state index contributed by atoms with van der Waals surface area (Å²) in [5, 5.41) is 4.14. The number of alkyl halides is 1. The Bertz CT molecular complexity index is 359. The molecule has 1 fully saturated rings. The van der Waals surface area contributed by atoms with Crippen LogP contribution >= 0.6 is 11.6 Å². The second-order valence-corrected chi connectivity index (χ2v) is 4.26. The number of hydrogen-bond donors (Lipinski definition) is 0. The van der Waals surface area contributed by atoms with Gasteiger partial charge in [0.05, 0.1) is 30.3 Å². The normalized spacial score (nSPS) is 20.9. The average molecular weight is 243 g/mol. The van der Waals surface area contributed by atoms with Gasteiger partial charge in [-0.25, -0.2) is 0 Å². The lowest BCUT2D eigenvalue weighted by Crippen LogP contribution is -2.24. The number of aromatic nitrogens is 2. The maximum atomic E-state index is 11.3. The number of rotatable bonds is 4. The van der Waals surface area contributed by atoms with Gasteiger partial charge in [0.2, 0.25) is 0 Å². The number of Topliss-reactive ketones (excluding diaryl/α,β-unsaturated/α-hetero) is 1. The van der Waals surface area contributed by atoms with E-state index in [9.17, 15) is 4.79 Å². The molecule has 1 aliphatic heterocycles. The van der Waals surface area contributed by atoms with Crippen LogP contribution in [0.25, 0.3) is 0 Å². The van der Waals surface area contributed by atoms with Crippen molar-refractivity contribution in [3.05, 3.63) is 18.0 Å². The molecule has 0 spiro atoms. The predicted octanol–water partition coefficient (Wildman–Crippen LogP) is 1.87. The SMILES string of the molecule is O=C(CCl)c1cnn(C[C@H]2CCCCO2)c1. The minimum Gasteiger partial charge on any atom is -0.376 e. The van der Waals surface area contributed by atoms with Crippen LogP contribution in [0, 0.1) is 0 Å². The van der Waals surface area contributed by atoms with Gasteiger partial charge in [0, 0.05) is 12.8 Å². The Hall–Kier alpha value is -0.870. The summed E-state index contributed by atoms with van der Waals surface area (Å²) in [7, 11) is 0. The average Bonchev–Trinajstić information content (AvgIpc) is 2.78. The molecular weight excluding hydrogens is 228 g/mol. The molecule has 5 heteroatoms. The Balaban J connectivity index is 1.94. The fourth-order valence-electron chi connectivity index (χ4n) is 1.84. The van der Waals surface area contributed by atoms with Crippen LogP contribution in [0.2, 0.25) is 0 Å². The van der Waals surface area contributed by atoms with Crippen LogP contribution in [0.4, 0.5) is 0 Å². The zero-order valence-corrected chi connectivity index (χ0v) is 9.82. The molecule has 1 saturated heterocycles. The number of halogens is 1. The molecule has 2 rings (SSSR count). The van der Waals surface area contributed by atoms with E-state index in [4.69, 9.17) is 16.3 Å². The van der Waals surface area contributed by atoms with Crippen LogP contribution in [0.5, 0.6) is 0 Å². The van der Waals surface area contributed by atoms with Crippen molar-refractivity contribution in [3.8, 4) is 0 Å². The van der Waals surface area contributed by atoms with Gasteiger partial charge in [-0.15, -0.1) is 11.6 Å². The van der Waals surface area contributed by atoms with Crippen LogP contribution in [0.3, 0.4) is 0 Å². The first kappa shape index (κ1) is 11.6. The van der Waals surface area contributed by atoms with Crippen molar-refractivity contribution in [3.63, 3.8) is 0 Å². The first-order chi connectivity index (χ1) is 7.79. The summed E-state index contributed by atoms with van der Waals surface area (Å²) in [6, 6.07) is 0. The summed E-state index contributed by atoms with van der Waals surface area (Å²) in [5.74, 6) is -0.0801. The molecule has 0 amide bonds. The van der Waals surface area contributed by atoms with Crippen LogP contribution in [0.15, 0.2) is 12.4 Å². The molecule has 16 heavy (non-hydrogen) atoms. The Morgan fingerprint density at radius 3 is 3.19 bits per heavy atom. The standard InChI is InChI=1S/C11H15ClN2O2/c12-5-11(15)9-6-13-14(7-9)8-10-3-1-2-4-16-10/h6-7,10H,1-5,8H2/t10-/m1/s1. The molecule has 1 aromatic heterocycles. The molecule has 0 aromatic carbocycles. The van der Waals surface area contributed by atoms with Gasteiger partial charge in [-0.2, -0.15) is 5.10 Å². The zero-order chi connectivity index (χ0) is 11.4. The maximum absolute atomic E-state index is 11.3. The largest absolute Gasteiger partial charge is 0.376 e. The number of ether oxygens (including phenoxy) is 1. The van der Waals surface area contributed by atoms with Gasteiger partial charge >= 0.3 is 0 Å². The molecule has 88 valence electrons. The molecule has 0 radical (unpaired) electrons. The van der Waals surface area contributed by atoms with Crippen molar-refractivity contribution >= 4 is 17.4 Å². The minimum atomic E-state index is -0.0857. The van der Waals surface area contributed by atoms with Gasteiger partial charge in [-0.3, -0.25) is 9.48 Å². The van der Waals surface area contributed by atoms with E-state index < -0.39 is 0 Å². The van der Waals surface area contributed by atoms with Gasteiger partial charge in [0.25, 0.3) is 0 Å². The Kier molecular flexibility index (Phi) is 3.96. The molecule has 0 aliphatic carbocycles. The number of carbonyl (C=O) groups is 1. The monoisotopic (exact) mass is 242 g/mol. The van der Waals surface area contributed by atoms with Crippen molar-refractivity contribution in [2.45, 2.75) is 31.9 Å². The molecule has 1 aromatic rings.